The fourth-order valence-electron chi connectivity index (χ4n) is 6.34. The van der Waals surface area contributed by atoms with Crippen LogP contribution >= 0.6 is 34.9 Å². The van der Waals surface area contributed by atoms with Gasteiger partial charge in [-0.25, -0.2) is 4.98 Å². The van der Waals surface area contributed by atoms with Crippen LogP contribution in [0.4, 0.5) is 5.82 Å². The van der Waals surface area contributed by atoms with Crippen molar-refractivity contribution in [2.75, 3.05) is 5.73 Å². The minimum Gasteiger partial charge on any atom is -0.0622 e. The monoisotopic (exact) mass is 971 g/mol. The van der Waals surface area contributed by atoms with Crippen molar-refractivity contribution in [3.05, 3.63) is 260 Å². The van der Waals surface area contributed by atoms with Gasteiger partial charge in [-0.05, 0) is 101 Å². The maximum atomic E-state index is 5.87. The third-order valence-electron chi connectivity index (χ3n) is 9.05. The van der Waals surface area contributed by atoms with Gasteiger partial charge in [0, 0.05) is 18.0 Å². The second-order valence-electron chi connectivity index (χ2n) is 13.2. The van der Waals surface area contributed by atoms with Gasteiger partial charge in [0.05, 0.1) is 0 Å². The van der Waals surface area contributed by atoms with Crippen molar-refractivity contribution in [2.45, 2.75) is 0 Å². The van der Waals surface area contributed by atoms with Crippen LogP contribution in [0.1, 0.15) is 11.3 Å². The van der Waals surface area contributed by atoms with Crippen molar-refractivity contribution in [3.8, 4) is 23.0 Å². The topological polar surface area (TPSA) is 51.8 Å². The molecule has 2 heterocycles. The zero-order valence-electron chi connectivity index (χ0n) is 33.6. The fourth-order valence-corrected chi connectivity index (χ4v) is 11.0. The van der Waals surface area contributed by atoms with Crippen molar-refractivity contribution in [3.63, 3.8) is 0 Å². The van der Waals surface area contributed by atoms with Crippen LogP contribution in [-0.2, 0) is 15.9 Å². The molecule has 0 atom stereocenters. The molecule has 0 fully saturated rings. The molecule has 0 aliphatic carbocycles. The average molecular weight is 973 g/mol. The number of nitrogens with zero attached hydrogens (tertiary/aromatic N) is 2. The van der Waals surface area contributed by atoms with Gasteiger partial charge in [0.2, 0.25) is 0 Å². The molecule has 0 aliphatic heterocycles. The fraction of sp³-hybridized carbons (Fsp3) is 0. The van der Waals surface area contributed by atoms with E-state index in [1.807, 2.05) is 54.6 Å². The summed E-state index contributed by atoms with van der Waals surface area (Å²) >= 11 is -0.106. The molecule has 0 unspecified atom stereocenters. The van der Waals surface area contributed by atoms with E-state index in [1.165, 1.54) is 31.8 Å². The summed E-state index contributed by atoms with van der Waals surface area (Å²) in [5.41, 5.74) is 9.51. The minimum atomic E-state index is -0.446. The van der Waals surface area contributed by atoms with Gasteiger partial charge < -0.3 is 5.73 Å². The van der Waals surface area contributed by atoms with E-state index >= 15 is 0 Å². The molecule has 8 heteroatoms. The van der Waals surface area contributed by atoms with E-state index in [0.717, 1.165) is 16.7 Å². The van der Waals surface area contributed by atoms with Crippen molar-refractivity contribution >= 4 is 72.5 Å². The van der Waals surface area contributed by atoms with Crippen LogP contribution in [-0.4, -0.2) is 9.97 Å². The first-order valence-electron chi connectivity index (χ1n) is 19.6. The molecular weight excluding hydrogens is 930 g/mol. The molecule has 2 aromatic heterocycles. The molecule has 0 radical (unpaired) electrons. The number of rotatable bonds is 7. The molecule has 9 aromatic rings. The van der Waals surface area contributed by atoms with Crippen LogP contribution in [0.25, 0.3) is 11.1 Å². The molecule has 7 aromatic carbocycles. The summed E-state index contributed by atoms with van der Waals surface area (Å²) < 4.78 is 0. The first-order valence-corrected chi connectivity index (χ1v) is 26.3. The summed E-state index contributed by atoms with van der Waals surface area (Å²) in [6, 6.07) is 82.1. The second kappa shape index (κ2) is 25.9. The van der Waals surface area contributed by atoms with Crippen molar-refractivity contribution < 1.29 is 15.9 Å². The Kier molecular flexibility index (Phi) is 19.2. The van der Waals surface area contributed by atoms with E-state index in [-0.39, 0.29) is 15.9 Å². The summed E-state index contributed by atoms with van der Waals surface area (Å²) in [4.78, 5) is 8.28. The van der Waals surface area contributed by atoms with Crippen LogP contribution in [0, 0.1) is 11.8 Å². The third-order valence-corrected chi connectivity index (χ3v) is 13.9. The standard InChI is InChI=1S/C18H13N3.2C18H15P.2ClH.Pd/c19-18-13-16(15-8-10-20-11-9-15)12-17(21-18)7-6-14-4-2-1-3-5-14;2*1-4-10-16(11-5-1)19(17-12-6-2-7-13-17)18-14-8-3-9-15-18;;;/h1-5,8-13H,(H2,19,21);2*1-15H;2*1H;/q;;;;;+2/p-2. The number of hydrogen-bond acceptors (Lipinski definition) is 3. The van der Waals surface area contributed by atoms with Crippen molar-refractivity contribution in [2.24, 2.45) is 0 Å². The Labute approximate surface area is 384 Å². The number of hydrogen-bond donors (Lipinski definition) is 1. The zero-order chi connectivity index (χ0) is 43.0. The van der Waals surface area contributed by atoms with Gasteiger partial charge in [-0.1, -0.05) is 206 Å². The summed E-state index contributed by atoms with van der Waals surface area (Å²) in [7, 11) is 8.74. The molecule has 0 saturated heterocycles. The smallest absolute Gasteiger partial charge is 0.0134 e. The van der Waals surface area contributed by atoms with Gasteiger partial charge in [-0.2, -0.15) is 0 Å². The number of benzene rings is 7. The number of halogens is 2. The van der Waals surface area contributed by atoms with Gasteiger partial charge in [0.15, 0.2) is 0 Å². The predicted octanol–water partition coefficient (Wildman–Crippen LogP) is 11.4. The van der Waals surface area contributed by atoms with Crippen LogP contribution < -0.4 is 37.6 Å². The molecule has 308 valence electrons. The van der Waals surface area contributed by atoms with E-state index in [1.54, 1.807) is 12.4 Å². The number of anilines is 1. The normalized spacial score (nSPS) is 10.1. The van der Waals surface area contributed by atoms with Crippen molar-refractivity contribution in [1.29, 1.82) is 0 Å². The van der Waals surface area contributed by atoms with Gasteiger partial charge >= 0.3 is 35.0 Å². The molecule has 0 spiro atoms. The zero-order valence-corrected chi connectivity index (χ0v) is 38.5. The molecule has 9 rings (SSSR count). The number of pyridine rings is 2. The van der Waals surface area contributed by atoms with Crippen LogP contribution in [0.5, 0.6) is 0 Å². The molecular formula is C54H43Cl2N3P2Pd. The Morgan fingerprint density at radius 2 is 0.694 bits per heavy atom. The molecule has 0 bridgehead atoms. The predicted molar refractivity (Wildman–Crippen MR) is 266 cm³/mol. The number of nitrogens with two attached hydrogens (primary N) is 1. The first kappa shape index (κ1) is 45.8. The van der Waals surface area contributed by atoms with E-state index in [2.05, 4.69) is 204 Å². The average Bonchev–Trinajstić information content (AvgIpc) is 3.34. The Morgan fingerprint density at radius 3 is 1.02 bits per heavy atom. The van der Waals surface area contributed by atoms with Crippen LogP contribution in [0.3, 0.4) is 0 Å². The largest absolute Gasteiger partial charge is 0.0622 e. The maximum Gasteiger partial charge on any atom is -0.0134 e. The van der Waals surface area contributed by atoms with E-state index in [9.17, 15) is 0 Å². The van der Waals surface area contributed by atoms with Gasteiger partial charge in [-0.15, -0.1) is 0 Å². The van der Waals surface area contributed by atoms with Gasteiger partial charge in [0.1, 0.15) is 11.5 Å². The van der Waals surface area contributed by atoms with Crippen LogP contribution in [0.2, 0.25) is 0 Å². The third kappa shape index (κ3) is 14.5. The van der Waals surface area contributed by atoms with Gasteiger partial charge in [-0.3, -0.25) is 4.98 Å². The Hall–Kier alpha value is -5.70. The minimum absolute atomic E-state index is 0.106. The summed E-state index contributed by atoms with van der Waals surface area (Å²) in [6.45, 7) is 0. The summed E-state index contributed by atoms with van der Waals surface area (Å²) in [5, 5.41) is 8.39. The van der Waals surface area contributed by atoms with Crippen molar-refractivity contribution in [1.82, 2.24) is 9.97 Å². The number of aromatic nitrogens is 2. The Bertz CT molecular complexity index is 2370. The Balaban J connectivity index is 0.000000150. The maximum absolute atomic E-state index is 5.87. The van der Waals surface area contributed by atoms with Gasteiger partial charge in [0.25, 0.3) is 0 Å². The molecule has 0 aliphatic rings. The summed E-state index contributed by atoms with van der Waals surface area (Å²) in [5.74, 6) is 6.60. The Morgan fingerprint density at radius 1 is 0.387 bits per heavy atom. The quantitative estimate of drug-likeness (QED) is 0.0984. The number of nitrogen functional groups attached to an aromatic ring is 1. The molecule has 0 saturated carbocycles. The first-order chi connectivity index (χ1) is 30.6. The van der Waals surface area contributed by atoms with E-state index in [4.69, 9.17) is 24.8 Å². The molecule has 3 nitrogen and oxygen atoms in total. The van der Waals surface area contributed by atoms with E-state index < -0.39 is 15.8 Å². The SMILES string of the molecule is Nc1cc(-c2ccncc2)cc(C#Cc2ccccc2)n1.[Cl][Pd][Cl].c1ccc(P(c2ccccc2)c2ccccc2)cc1.c1ccc(P(c2ccccc2)c2ccccc2)cc1. The van der Waals surface area contributed by atoms with E-state index in [0.29, 0.717) is 11.5 Å². The summed E-state index contributed by atoms with van der Waals surface area (Å²) in [6.07, 6.45) is 3.50. The molecule has 0 amide bonds. The molecule has 2 N–H and O–H groups in total. The second-order valence-corrected chi connectivity index (χ2v) is 20.0. The molecule has 62 heavy (non-hydrogen) atoms. The van der Waals surface area contributed by atoms with Crippen LogP contribution in [0.15, 0.2) is 249 Å².